The fourth-order valence-electron chi connectivity index (χ4n) is 3.82. The third-order valence-electron chi connectivity index (χ3n) is 5.81. The van der Waals surface area contributed by atoms with Crippen molar-refractivity contribution < 1.29 is 37.7 Å². The van der Waals surface area contributed by atoms with Gasteiger partial charge < -0.3 is 28.2 Å². The van der Waals surface area contributed by atoms with E-state index < -0.39 is 5.97 Å². The zero-order valence-electron chi connectivity index (χ0n) is 21.5. The summed E-state index contributed by atoms with van der Waals surface area (Å²) in [4.78, 5) is 31.2. The molecule has 1 N–H and O–H groups in total. The molecule has 1 aliphatic heterocycles. The maximum absolute atomic E-state index is 13.5. The molecule has 10 nitrogen and oxygen atoms in total. The van der Waals surface area contributed by atoms with E-state index in [9.17, 15) is 9.59 Å². The van der Waals surface area contributed by atoms with Crippen LogP contribution >= 0.6 is 11.8 Å². The van der Waals surface area contributed by atoms with Crippen molar-refractivity contribution in [2.75, 3.05) is 14.2 Å². The minimum Gasteiger partial charge on any atom is -0.497 e. The number of aromatic carboxylic acids is 1. The van der Waals surface area contributed by atoms with Gasteiger partial charge in [-0.3, -0.25) is 9.69 Å². The monoisotopic (exact) mass is 560 g/mol. The van der Waals surface area contributed by atoms with Gasteiger partial charge in [0, 0.05) is 0 Å². The Morgan fingerprint density at radius 1 is 1.02 bits per heavy atom. The Bertz CT molecular complexity index is 1570. The molecule has 1 aliphatic rings. The lowest BCUT2D eigenvalue weighted by atomic mass is 10.2. The van der Waals surface area contributed by atoms with E-state index in [1.165, 1.54) is 31.0 Å². The predicted octanol–water partition coefficient (Wildman–Crippen LogP) is 5.97. The van der Waals surface area contributed by atoms with Crippen LogP contribution in [0.3, 0.4) is 0 Å². The molecule has 2 aromatic heterocycles. The smallest absolute Gasteiger partial charge is 0.371 e. The minimum absolute atomic E-state index is 0.0192. The van der Waals surface area contributed by atoms with Gasteiger partial charge in [-0.05, 0) is 84.1 Å². The van der Waals surface area contributed by atoms with E-state index in [0.717, 1.165) is 5.56 Å². The number of aliphatic imine (C=N–C) groups is 1. The Balaban J connectivity index is 1.38. The number of hydrogen-bond donors (Lipinski definition) is 1. The Morgan fingerprint density at radius 2 is 1.85 bits per heavy atom. The molecule has 40 heavy (non-hydrogen) atoms. The third kappa shape index (κ3) is 6.05. The first-order valence-corrected chi connectivity index (χ1v) is 12.8. The van der Waals surface area contributed by atoms with E-state index >= 15 is 0 Å². The van der Waals surface area contributed by atoms with Crippen LogP contribution in [0.25, 0.3) is 6.08 Å². The van der Waals surface area contributed by atoms with Crippen molar-refractivity contribution in [1.82, 2.24) is 4.90 Å². The zero-order chi connectivity index (χ0) is 28.1. The molecular weight excluding hydrogens is 536 g/mol. The van der Waals surface area contributed by atoms with Gasteiger partial charge in [0.15, 0.2) is 16.7 Å². The second kappa shape index (κ2) is 11.9. The van der Waals surface area contributed by atoms with E-state index in [1.54, 1.807) is 66.8 Å². The van der Waals surface area contributed by atoms with Crippen LogP contribution < -0.4 is 14.2 Å². The summed E-state index contributed by atoms with van der Waals surface area (Å²) in [5.74, 6) is 1.05. The largest absolute Gasteiger partial charge is 0.497 e. The van der Waals surface area contributed by atoms with Gasteiger partial charge in [0.25, 0.3) is 5.91 Å². The van der Waals surface area contributed by atoms with Crippen molar-refractivity contribution in [3.63, 3.8) is 0 Å². The summed E-state index contributed by atoms with van der Waals surface area (Å²) in [7, 11) is 3.10. The number of thioether (sulfide) groups is 1. The number of carbonyl (C=O) groups excluding carboxylic acids is 1. The normalized spacial score (nSPS) is 15.2. The van der Waals surface area contributed by atoms with E-state index in [0.29, 0.717) is 44.5 Å². The third-order valence-corrected chi connectivity index (χ3v) is 6.81. The molecule has 0 radical (unpaired) electrons. The number of ether oxygens (including phenoxy) is 3. The molecule has 11 heteroatoms. The zero-order valence-corrected chi connectivity index (χ0v) is 22.3. The number of rotatable bonds is 10. The van der Waals surface area contributed by atoms with Crippen LogP contribution in [0.5, 0.6) is 17.2 Å². The molecule has 1 saturated heterocycles. The molecule has 3 heterocycles. The predicted molar refractivity (Wildman–Crippen MR) is 148 cm³/mol. The standard InChI is InChI=1S/C29H24N2O8S/c1-35-20-8-6-19(7-9-20)30-29-31(16-21-4-3-13-37-21)27(32)26(40-29)15-18-5-11-23(25(14-18)36-2)38-17-22-10-12-24(39-22)28(33)34/h3-15H,16-17H2,1-2H3,(H,33,34)/b26-15-,30-29?. The summed E-state index contributed by atoms with van der Waals surface area (Å²) < 4.78 is 27.2. The van der Waals surface area contributed by atoms with E-state index in [-0.39, 0.29) is 24.8 Å². The van der Waals surface area contributed by atoms with Crippen molar-refractivity contribution in [3.05, 3.63) is 101 Å². The van der Waals surface area contributed by atoms with Crippen LogP contribution in [-0.2, 0) is 17.9 Å². The Morgan fingerprint density at radius 3 is 2.52 bits per heavy atom. The molecule has 204 valence electrons. The highest BCUT2D eigenvalue weighted by Crippen LogP contribution is 2.37. The van der Waals surface area contributed by atoms with Crippen LogP contribution in [0, 0.1) is 0 Å². The van der Waals surface area contributed by atoms with Crippen molar-refractivity contribution in [2.24, 2.45) is 4.99 Å². The van der Waals surface area contributed by atoms with Crippen molar-refractivity contribution in [2.45, 2.75) is 13.2 Å². The molecule has 2 aromatic carbocycles. The minimum atomic E-state index is -1.15. The number of carboxylic acids is 1. The molecule has 1 fully saturated rings. The maximum atomic E-state index is 13.5. The number of amidine groups is 1. The second-order valence-corrected chi connectivity index (χ2v) is 9.45. The van der Waals surface area contributed by atoms with Crippen molar-refractivity contribution in [1.29, 1.82) is 0 Å². The summed E-state index contributed by atoms with van der Waals surface area (Å²) in [5, 5.41) is 9.53. The number of carbonyl (C=O) groups is 2. The number of furan rings is 2. The quantitative estimate of drug-likeness (QED) is 0.234. The summed E-state index contributed by atoms with van der Waals surface area (Å²) >= 11 is 1.26. The van der Waals surface area contributed by atoms with Gasteiger partial charge in [-0.1, -0.05) is 6.07 Å². The van der Waals surface area contributed by atoms with Crippen LogP contribution in [0.15, 0.2) is 91.7 Å². The van der Waals surface area contributed by atoms with E-state index in [4.69, 9.17) is 33.1 Å². The number of benzene rings is 2. The molecule has 0 saturated carbocycles. The average Bonchev–Trinajstić information content (AvgIpc) is 3.72. The number of amides is 1. The number of nitrogens with zero attached hydrogens (tertiary/aromatic N) is 2. The van der Waals surface area contributed by atoms with Gasteiger partial charge in [-0.15, -0.1) is 0 Å². The van der Waals surface area contributed by atoms with E-state index in [2.05, 4.69) is 0 Å². The fraction of sp³-hybridized carbons (Fsp3) is 0.138. The van der Waals surface area contributed by atoms with Gasteiger partial charge in [0.1, 0.15) is 23.9 Å². The highest BCUT2D eigenvalue weighted by Gasteiger charge is 2.34. The Kier molecular flexibility index (Phi) is 7.92. The van der Waals surface area contributed by atoms with Crippen molar-refractivity contribution >= 4 is 40.6 Å². The maximum Gasteiger partial charge on any atom is 0.371 e. The van der Waals surface area contributed by atoms with Gasteiger partial charge in [0.05, 0.1) is 37.6 Å². The lowest BCUT2D eigenvalue weighted by molar-refractivity contribution is -0.122. The first-order valence-electron chi connectivity index (χ1n) is 12.0. The topological polar surface area (TPSA) is 124 Å². The number of carboxylic acid groups (broad SMARTS) is 1. The Hall–Kier alpha value is -4.90. The number of methoxy groups -OCH3 is 2. The Labute approximate surface area is 233 Å². The lowest BCUT2D eigenvalue weighted by Crippen LogP contribution is -2.28. The van der Waals surface area contributed by atoms with E-state index in [1.807, 2.05) is 12.1 Å². The molecule has 0 spiro atoms. The first kappa shape index (κ1) is 26.7. The van der Waals surface area contributed by atoms with Gasteiger partial charge in [-0.25, -0.2) is 9.79 Å². The average molecular weight is 561 g/mol. The molecule has 0 unspecified atom stereocenters. The lowest BCUT2D eigenvalue weighted by Gasteiger charge is -2.14. The highest BCUT2D eigenvalue weighted by molar-refractivity contribution is 8.18. The summed E-state index contributed by atoms with van der Waals surface area (Å²) in [5.41, 5.74) is 1.40. The fourth-order valence-corrected chi connectivity index (χ4v) is 4.82. The molecule has 0 atom stereocenters. The first-order chi connectivity index (χ1) is 19.4. The van der Waals surface area contributed by atoms with Gasteiger partial charge in [-0.2, -0.15) is 0 Å². The molecule has 5 rings (SSSR count). The second-order valence-electron chi connectivity index (χ2n) is 8.44. The highest BCUT2D eigenvalue weighted by atomic mass is 32.2. The summed E-state index contributed by atoms with van der Waals surface area (Å²) in [6, 6.07) is 19.0. The van der Waals surface area contributed by atoms with Crippen LogP contribution in [0.2, 0.25) is 0 Å². The van der Waals surface area contributed by atoms with Crippen LogP contribution in [-0.4, -0.2) is 41.3 Å². The molecular formula is C29H24N2O8S. The molecule has 0 bridgehead atoms. The molecule has 4 aromatic rings. The SMILES string of the molecule is COc1ccc(N=C2S/C(=C\c3ccc(OCc4ccc(C(=O)O)o4)c(OC)c3)C(=O)N2Cc2ccco2)cc1. The molecule has 0 aliphatic carbocycles. The van der Waals surface area contributed by atoms with Gasteiger partial charge >= 0.3 is 5.97 Å². The molecule has 1 amide bonds. The summed E-state index contributed by atoms with van der Waals surface area (Å²) in [6.07, 6.45) is 3.32. The van der Waals surface area contributed by atoms with Gasteiger partial charge in [0.2, 0.25) is 5.76 Å². The van der Waals surface area contributed by atoms with Crippen LogP contribution in [0.1, 0.15) is 27.6 Å². The van der Waals surface area contributed by atoms with Crippen molar-refractivity contribution in [3.8, 4) is 17.2 Å². The van der Waals surface area contributed by atoms with Crippen LogP contribution in [0.4, 0.5) is 5.69 Å². The summed E-state index contributed by atoms with van der Waals surface area (Å²) in [6.45, 7) is 0.253. The number of hydrogen-bond acceptors (Lipinski definition) is 9.